The monoisotopic (exact) mass is 720 g/mol. The summed E-state index contributed by atoms with van der Waals surface area (Å²) in [6, 6.07) is 0. The minimum atomic E-state index is -4.46. The molecule has 5 nitrogen and oxygen atoms in total. The van der Waals surface area contributed by atoms with Gasteiger partial charge < -0.3 is 5.11 Å². The molecule has 1 aromatic rings. The number of halogens is 4. The van der Waals surface area contributed by atoms with E-state index in [-0.39, 0.29) is 10.5 Å². The first-order valence-corrected chi connectivity index (χ1v) is 9.87. The van der Waals surface area contributed by atoms with Crippen LogP contribution in [0.1, 0.15) is 5.56 Å². The lowest BCUT2D eigenvalue weighted by Crippen LogP contribution is -2.14. The summed E-state index contributed by atoms with van der Waals surface area (Å²) in [6.45, 7) is 0. The Morgan fingerprint density at radius 1 is 1.00 bits per heavy atom. The van der Waals surface area contributed by atoms with Crippen LogP contribution in [0, 0.1) is 14.3 Å². The van der Waals surface area contributed by atoms with Gasteiger partial charge in [0.2, 0.25) is 0 Å². The van der Waals surface area contributed by atoms with E-state index in [0.29, 0.717) is 10.7 Å². The molecule has 0 spiro atoms. The Morgan fingerprint density at radius 2 is 1.44 bits per heavy atom. The quantitative estimate of drug-likeness (QED) is 0.217. The van der Waals surface area contributed by atoms with Gasteiger partial charge >= 0.3 is 5.97 Å². The highest BCUT2D eigenvalue weighted by Gasteiger charge is 2.27. The first-order chi connectivity index (χ1) is 8.07. The van der Waals surface area contributed by atoms with Crippen molar-refractivity contribution in [2.75, 3.05) is 0 Å². The maximum atomic E-state index is 11.4. The van der Waals surface area contributed by atoms with E-state index in [9.17, 15) is 17.8 Å². The fourth-order valence-electron chi connectivity index (χ4n) is 1.24. The van der Waals surface area contributed by atoms with Gasteiger partial charge in [0.05, 0.1) is 6.42 Å². The number of carboxylic acid groups (broad SMARTS) is 1. The summed E-state index contributed by atoms with van der Waals surface area (Å²) < 4.78 is 34.4. The Balaban J connectivity index is 3.82. The molecule has 18 heavy (non-hydrogen) atoms. The molecule has 0 aliphatic heterocycles. The summed E-state index contributed by atoms with van der Waals surface area (Å²) in [4.78, 5) is 10.5. The van der Waals surface area contributed by atoms with Gasteiger partial charge in [0.1, 0.15) is 4.90 Å². The van der Waals surface area contributed by atoms with Gasteiger partial charge in [0.15, 0.2) is 0 Å². The second-order valence-electron chi connectivity index (χ2n) is 3.11. The molecule has 0 aromatic heterocycles. The third-order valence-electron chi connectivity index (χ3n) is 1.90. The van der Waals surface area contributed by atoms with E-state index in [0.717, 1.165) is 3.57 Å². The fourth-order valence-corrected chi connectivity index (χ4v) is 6.74. The van der Waals surface area contributed by atoms with Gasteiger partial charge in [-0.1, -0.05) is 0 Å². The molecule has 0 aliphatic carbocycles. The van der Waals surface area contributed by atoms with E-state index in [2.05, 4.69) is 0 Å². The normalized spacial score (nSPS) is 11.6. The first kappa shape index (κ1) is 17.6. The molecule has 10 heteroatoms. The van der Waals surface area contributed by atoms with Gasteiger partial charge in [-0.2, -0.15) is 8.42 Å². The summed E-state index contributed by atoms with van der Waals surface area (Å²) >= 11 is 7.68. The molecule has 0 unspecified atom stereocenters. The molecule has 2 N–H and O–H groups in total. The zero-order valence-corrected chi connectivity index (χ0v) is 17.7. The third kappa shape index (κ3) is 3.79. The van der Waals surface area contributed by atoms with Crippen LogP contribution in [-0.2, 0) is 21.3 Å². The molecule has 0 saturated carbocycles. The number of hydrogen-bond donors (Lipinski definition) is 2. The zero-order valence-electron chi connectivity index (χ0n) is 8.25. The van der Waals surface area contributed by atoms with Gasteiger partial charge in [0.25, 0.3) is 10.1 Å². The SMILES string of the molecule is O=C(O)Cc1c(I)c(I)c(I)c(I)c1S(=O)(=O)O. The molecule has 1 rings (SSSR count). The maximum absolute atomic E-state index is 11.4. The number of rotatable bonds is 3. The van der Waals surface area contributed by atoms with Crippen molar-refractivity contribution in [1.82, 2.24) is 0 Å². The second-order valence-corrected chi connectivity index (χ2v) is 8.78. The largest absolute Gasteiger partial charge is 0.481 e. The number of hydrogen-bond acceptors (Lipinski definition) is 3. The summed E-state index contributed by atoms with van der Waals surface area (Å²) in [5, 5.41) is 8.85. The molecule has 0 fully saturated rings. The Morgan fingerprint density at radius 3 is 1.83 bits per heavy atom. The van der Waals surface area contributed by atoms with Crippen molar-refractivity contribution in [2.45, 2.75) is 11.3 Å². The van der Waals surface area contributed by atoms with Crippen molar-refractivity contribution >= 4 is 106 Å². The number of carbonyl (C=O) groups is 1. The lowest BCUT2D eigenvalue weighted by atomic mass is 10.1. The summed E-state index contributed by atoms with van der Waals surface area (Å²) in [5.74, 6) is -1.15. The van der Waals surface area contributed by atoms with Gasteiger partial charge in [-0.3, -0.25) is 9.35 Å². The molecule has 0 atom stereocenters. The molecule has 1 aromatic carbocycles. The Labute approximate surface area is 158 Å². The molecular weight excluding hydrogens is 716 g/mol. The van der Waals surface area contributed by atoms with Crippen LogP contribution >= 0.6 is 90.4 Å². The van der Waals surface area contributed by atoms with Crippen molar-refractivity contribution in [3.63, 3.8) is 0 Å². The van der Waals surface area contributed by atoms with E-state index >= 15 is 0 Å². The molecule has 100 valence electrons. The fraction of sp³-hybridized carbons (Fsp3) is 0.125. The van der Waals surface area contributed by atoms with Crippen LogP contribution in [0.3, 0.4) is 0 Å². The van der Waals surface area contributed by atoms with E-state index in [1.54, 1.807) is 22.6 Å². The van der Waals surface area contributed by atoms with Gasteiger partial charge in [0, 0.05) is 14.3 Å². The molecule has 0 heterocycles. The highest BCUT2D eigenvalue weighted by Crippen LogP contribution is 2.35. The number of aliphatic carboxylic acids is 1. The maximum Gasteiger partial charge on any atom is 0.307 e. The van der Waals surface area contributed by atoms with Crippen LogP contribution in [-0.4, -0.2) is 24.0 Å². The van der Waals surface area contributed by atoms with E-state index < -0.39 is 22.5 Å². The predicted molar refractivity (Wildman–Crippen MR) is 98.5 cm³/mol. The van der Waals surface area contributed by atoms with Crippen LogP contribution < -0.4 is 0 Å². The minimum absolute atomic E-state index is 0.125. The summed E-state index contributed by atoms with van der Waals surface area (Å²) in [6.07, 6.45) is -0.448. The van der Waals surface area contributed by atoms with Crippen LogP contribution in [0.25, 0.3) is 0 Å². The van der Waals surface area contributed by atoms with Crippen molar-refractivity contribution in [2.24, 2.45) is 0 Å². The van der Waals surface area contributed by atoms with Crippen LogP contribution in [0.4, 0.5) is 0 Å². The van der Waals surface area contributed by atoms with Crippen molar-refractivity contribution < 1.29 is 22.9 Å². The second kappa shape index (κ2) is 6.52. The molecule has 0 amide bonds. The van der Waals surface area contributed by atoms with E-state index in [1.807, 2.05) is 67.8 Å². The van der Waals surface area contributed by atoms with Crippen LogP contribution in [0.5, 0.6) is 0 Å². The average molecular weight is 720 g/mol. The molecule has 0 bridgehead atoms. The molecule has 0 aliphatic rings. The summed E-state index contributed by atoms with van der Waals surface area (Å²) in [7, 11) is -4.46. The topological polar surface area (TPSA) is 91.7 Å². The van der Waals surface area contributed by atoms with Crippen LogP contribution in [0.2, 0.25) is 0 Å². The standard InChI is InChI=1S/C8H4I4O5S/c9-4-2(1-3(13)14)8(18(15,16)17)7(12)6(11)5(4)10/h1H2,(H,13,14)(H,15,16,17). The smallest absolute Gasteiger partial charge is 0.307 e. The van der Waals surface area contributed by atoms with E-state index in [4.69, 9.17) is 5.11 Å². The average Bonchev–Trinajstić information content (AvgIpc) is 2.20. The van der Waals surface area contributed by atoms with Gasteiger partial charge in [-0.25, -0.2) is 0 Å². The lowest BCUT2D eigenvalue weighted by molar-refractivity contribution is -0.136. The lowest BCUT2D eigenvalue weighted by Gasteiger charge is -2.14. The molecule has 0 saturated heterocycles. The van der Waals surface area contributed by atoms with Crippen molar-refractivity contribution in [3.05, 3.63) is 19.8 Å². The number of carboxylic acids is 1. The van der Waals surface area contributed by atoms with Crippen molar-refractivity contribution in [1.29, 1.82) is 0 Å². The Bertz CT molecular complexity index is 625. The Kier molecular flexibility index (Phi) is 6.37. The van der Waals surface area contributed by atoms with E-state index in [1.165, 1.54) is 0 Å². The van der Waals surface area contributed by atoms with Crippen LogP contribution in [0.15, 0.2) is 4.90 Å². The predicted octanol–water partition coefficient (Wildman–Crippen LogP) is 2.98. The highest BCUT2D eigenvalue weighted by molar-refractivity contribution is 14.1. The van der Waals surface area contributed by atoms with Gasteiger partial charge in [-0.05, 0) is 95.9 Å². The van der Waals surface area contributed by atoms with Gasteiger partial charge in [-0.15, -0.1) is 0 Å². The third-order valence-corrected chi connectivity index (χ3v) is 10.8. The zero-order chi connectivity index (χ0) is 14.2. The molecular formula is C8H4I4O5S. The Hall–Kier alpha value is 1.52. The molecule has 0 radical (unpaired) electrons. The highest BCUT2D eigenvalue weighted by atomic mass is 127. The minimum Gasteiger partial charge on any atom is -0.481 e. The van der Waals surface area contributed by atoms with Crippen molar-refractivity contribution in [3.8, 4) is 0 Å². The summed E-state index contributed by atoms with van der Waals surface area (Å²) in [5.41, 5.74) is 0.125. The number of benzene rings is 1. The first-order valence-electron chi connectivity index (χ1n) is 4.11.